The fourth-order valence-corrected chi connectivity index (χ4v) is 4.79. The molecule has 1 saturated carbocycles. The van der Waals surface area contributed by atoms with Crippen molar-refractivity contribution in [1.29, 1.82) is 0 Å². The molecule has 1 aliphatic carbocycles. The number of carbonyl (C=O) groups excluding carboxylic acids is 1. The Morgan fingerprint density at radius 1 is 1.00 bits per heavy atom. The topological polar surface area (TPSA) is 51.2 Å². The van der Waals surface area contributed by atoms with Crippen molar-refractivity contribution in [3.05, 3.63) is 54.1 Å². The Labute approximate surface area is 191 Å². The quantitative estimate of drug-likeness (QED) is 0.583. The molecular formula is C26H34N2O4. The van der Waals surface area contributed by atoms with Crippen LogP contribution >= 0.6 is 0 Å². The summed E-state index contributed by atoms with van der Waals surface area (Å²) in [6.07, 6.45) is 5.85. The molecule has 6 heteroatoms. The van der Waals surface area contributed by atoms with Crippen LogP contribution in [0.3, 0.4) is 0 Å². The molecule has 2 aromatic carbocycles. The molecule has 0 amide bonds. The van der Waals surface area contributed by atoms with Gasteiger partial charge in [-0.15, -0.1) is 0 Å². The first-order valence-electron chi connectivity index (χ1n) is 11.6. The van der Waals surface area contributed by atoms with E-state index >= 15 is 0 Å². The summed E-state index contributed by atoms with van der Waals surface area (Å²) in [7, 11) is 3.14. The predicted molar refractivity (Wildman–Crippen MR) is 126 cm³/mol. The number of hydrogen-bond donors (Lipinski definition) is 0. The molecule has 2 aromatic rings. The van der Waals surface area contributed by atoms with E-state index < -0.39 is 0 Å². The molecule has 0 N–H and O–H groups in total. The van der Waals surface area contributed by atoms with Crippen molar-refractivity contribution in [3.63, 3.8) is 0 Å². The number of piperazine rings is 1. The smallest absolute Gasteiger partial charge is 0.319 e. The fourth-order valence-electron chi connectivity index (χ4n) is 4.79. The Kier molecular flexibility index (Phi) is 7.53. The molecule has 2 fully saturated rings. The zero-order valence-corrected chi connectivity index (χ0v) is 19.2. The largest absolute Gasteiger partial charge is 0.493 e. The number of carbonyl (C=O) groups is 1. The van der Waals surface area contributed by atoms with E-state index in [-0.39, 0.29) is 18.1 Å². The van der Waals surface area contributed by atoms with E-state index in [0.29, 0.717) is 6.54 Å². The summed E-state index contributed by atoms with van der Waals surface area (Å²) in [5.41, 5.74) is 2.41. The summed E-state index contributed by atoms with van der Waals surface area (Å²) in [6, 6.07) is 16.9. The van der Waals surface area contributed by atoms with Gasteiger partial charge in [0, 0.05) is 37.4 Å². The van der Waals surface area contributed by atoms with Crippen LogP contribution in [0.15, 0.2) is 48.5 Å². The highest BCUT2D eigenvalue weighted by atomic mass is 16.5. The number of methoxy groups -OCH3 is 2. The minimum Gasteiger partial charge on any atom is -0.493 e. The molecule has 0 bridgehead atoms. The molecule has 0 radical (unpaired) electrons. The number of benzene rings is 2. The molecule has 1 unspecified atom stereocenters. The average molecular weight is 439 g/mol. The molecule has 0 spiro atoms. The highest BCUT2D eigenvalue weighted by Gasteiger charge is 2.29. The number of rotatable bonds is 8. The Hall–Kier alpha value is -2.73. The Balaban J connectivity index is 1.52. The number of anilines is 1. The lowest BCUT2D eigenvalue weighted by atomic mass is 10.0. The van der Waals surface area contributed by atoms with E-state index in [9.17, 15) is 4.79 Å². The van der Waals surface area contributed by atoms with Crippen LogP contribution in [0.2, 0.25) is 0 Å². The number of ether oxygens (including phenoxy) is 3. The summed E-state index contributed by atoms with van der Waals surface area (Å²) in [5.74, 6) is 1.42. The van der Waals surface area contributed by atoms with Crippen molar-refractivity contribution >= 4 is 11.7 Å². The van der Waals surface area contributed by atoms with Crippen molar-refractivity contribution < 1.29 is 19.0 Å². The van der Waals surface area contributed by atoms with Gasteiger partial charge in [-0.1, -0.05) is 30.3 Å². The van der Waals surface area contributed by atoms with E-state index in [1.165, 1.54) is 25.5 Å². The summed E-state index contributed by atoms with van der Waals surface area (Å²) in [4.78, 5) is 16.6. The SMILES string of the molecule is COC(=O)CN1CCN(c2ccc(OC)c(OC3CCCC3)c2)CC1Cc1ccccc1. The van der Waals surface area contributed by atoms with Crippen molar-refractivity contribution in [2.45, 2.75) is 44.2 Å². The molecule has 0 aromatic heterocycles. The standard InChI is InChI=1S/C26H34N2O4/c1-30-24-13-12-21(17-25(24)32-23-10-6-7-11-23)27-14-15-28(19-26(29)31-2)22(18-27)16-20-8-4-3-5-9-20/h3-5,8-9,12-13,17,22-23H,6-7,10-11,14-16,18-19H2,1-2H3. The van der Waals surface area contributed by atoms with Crippen LogP contribution in [0.4, 0.5) is 5.69 Å². The number of hydrogen-bond acceptors (Lipinski definition) is 6. The van der Waals surface area contributed by atoms with Gasteiger partial charge in [-0.25, -0.2) is 0 Å². The van der Waals surface area contributed by atoms with E-state index in [2.05, 4.69) is 46.2 Å². The average Bonchev–Trinajstić information content (AvgIpc) is 3.34. The van der Waals surface area contributed by atoms with Crippen LogP contribution in [0.1, 0.15) is 31.2 Å². The number of esters is 1. The first-order chi connectivity index (χ1) is 15.7. The van der Waals surface area contributed by atoms with Crippen molar-refractivity contribution in [1.82, 2.24) is 4.90 Å². The highest BCUT2D eigenvalue weighted by molar-refractivity contribution is 5.71. The second-order valence-corrected chi connectivity index (χ2v) is 8.70. The zero-order chi connectivity index (χ0) is 22.3. The molecule has 4 rings (SSSR count). The lowest BCUT2D eigenvalue weighted by molar-refractivity contribution is -0.142. The van der Waals surface area contributed by atoms with E-state index in [0.717, 1.165) is 56.1 Å². The summed E-state index contributed by atoms with van der Waals surface area (Å²) >= 11 is 0. The van der Waals surface area contributed by atoms with Crippen LogP contribution in [0, 0.1) is 0 Å². The van der Waals surface area contributed by atoms with Crippen LogP contribution < -0.4 is 14.4 Å². The molecule has 32 heavy (non-hydrogen) atoms. The van der Waals surface area contributed by atoms with Gasteiger partial charge in [0.2, 0.25) is 0 Å². The van der Waals surface area contributed by atoms with Gasteiger partial charge in [0.15, 0.2) is 11.5 Å². The van der Waals surface area contributed by atoms with Gasteiger partial charge < -0.3 is 19.1 Å². The second kappa shape index (κ2) is 10.7. The predicted octanol–water partition coefficient (Wildman–Crippen LogP) is 3.92. The Bertz CT molecular complexity index is 883. The van der Waals surface area contributed by atoms with Crippen molar-refractivity contribution in [2.75, 3.05) is 45.3 Å². The number of nitrogens with zero attached hydrogens (tertiary/aromatic N) is 2. The van der Waals surface area contributed by atoms with Crippen LogP contribution in [0.5, 0.6) is 11.5 Å². The first-order valence-corrected chi connectivity index (χ1v) is 11.6. The lowest BCUT2D eigenvalue weighted by Gasteiger charge is -2.42. The maximum absolute atomic E-state index is 12.0. The maximum Gasteiger partial charge on any atom is 0.319 e. The normalized spacial score (nSPS) is 19.7. The molecule has 1 heterocycles. The Morgan fingerprint density at radius 2 is 1.78 bits per heavy atom. The first kappa shape index (κ1) is 22.5. The minimum atomic E-state index is -0.187. The summed E-state index contributed by atoms with van der Waals surface area (Å²) in [5, 5.41) is 0. The molecule has 1 atom stereocenters. The molecule has 6 nitrogen and oxygen atoms in total. The van der Waals surface area contributed by atoms with Gasteiger partial charge in [0.05, 0.1) is 26.9 Å². The van der Waals surface area contributed by atoms with Gasteiger partial charge in [-0.05, 0) is 49.8 Å². The van der Waals surface area contributed by atoms with Crippen LogP contribution in [-0.4, -0.2) is 63.4 Å². The zero-order valence-electron chi connectivity index (χ0n) is 19.2. The van der Waals surface area contributed by atoms with E-state index in [4.69, 9.17) is 14.2 Å². The van der Waals surface area contributed by atoms with Gasteiger partial charge >= 0.3 is 5.97 Å². The van der Waals surface area contributed by atoms with Crippen LogP contribution in [0.25, 0.3) is 0 Å². The Morgan fingerprint density at radius 3 is 2.50 bits per heavy atom. The highest BCUT2D eigenvalue weighted by Crippen LogP contribution is 2.35. The molecular weight excluding hydrogens is 404 g/mol. The molecule has 172 valence electrons. The third kappa shape index (κ3) is 5.54. The molecule has 1 aliphatic heterocycles. The van der Waals surface area contributed by atoms with E-state index in [1.54, 1.807) is 7.11 Å². The maximum atomic E-state index is 12.0. The fraction of sp³-hybridized carbons (Fsp3) is 0.500. The lowest BCUT2D eigenvalue weighted by Crippen LogP contribution is -2.55. The molecule has 1 saturated heterocycles. The second-order valence-electron chi connectivity index (χ2n) is 8.70. The van der Waals surface area contributed by atoms with Crippen molar-refractivity contribution in [3.8, 4) is 11.5 Å². The minimum absolute atomic E-state index is 0.187. The monoisotopic (exact) mass is 438 g/mol. The van der Waals surface area contributed by atoms with Gasteiger partial charge in [0.25, 0.3) is 0 Å². The van der Waals surface area contributed by atoms with Crippen molar-refractivity contribution in [2.24, 2.45) is 0 Å². The van der Waals surface area contributed by atoms with E-state index in [1.807, 2.05) is 12.1 Å². The molecule has 2 aliphatic rings. The van der Waals surface area contributed by atoms with Crippen LogP contribution in [-0.2, 0) is 16.0 Å². The summed E-state index contributed by atoms with van der Waals surface area (Å²) in [6.45, 7) is 2.80. The third-order valence-corrected chi connectivity index (χ3v) is 6.59. The van der Waals surface area contributed by atoms with Gasteiger partial charge in [-0.3, -0.25) is 9.69 Å². The van der Waals surface area contributed by atoms with Gasteiger partial charge in [0.1, 0.15) is 0 Å². The van der Waals surface area contributed by atoms with Gasteiger partial charge in [-0.2, -0.15) is 0 Å². The third-order valence-electron chi connectivity index (χ3n) is 6.59. The summed E-state index contributed by atoms with van der Waals surface area (Å²) < 4.78 is 16.8.